The highest BCUT2D eigenvalue weighted by Crippen LogP contribution is 2.25. The number of hydrogen-bond donors (Lipinski definition) is 1. The predicted molar refractivity (Wildman–Crippen MR) is 126 cm³/mol. The summed E-state index contributed by atoms with van der Waals surface area (Å²) in [5, 5.41) is 2.79. The van der Waals surface area contributed by atoms with E-state index in [1.807, 2.05) is 6.92 Å². The molecule has 1 unspecified atom stereocenters. The average Bonchev–Trinajstić information content (AvgIpc) is 2.80. The van der Waals surface area contributed by atoms with Gasteiger partial charge in [0, 0.05) is 13.6 Å². The van der Waals surface area contributed by atoms with Gasteiger partial charge < -0.3 is 10.1 Å². The van der Waals surface area contributed by atoms with Gasteiger partial charge in [-0.05, 0) is 74.4 Å². The van der Waals surface area contributed by atoms with Crippen molar-refractivity contribution in [2.45, 2.75) is 31.3 Å². The molecule has 0 bridgehead atoms. The van der Waals surface area contributed by atoms with Crippen molar-refractivity contribution in [2.75, 3.05) is 17.9 Å². The SMILES string of the molecule is Cc1ccc(S(=O)(=O)N(C)c2ccc(OC(C)C(=O)NCCc3ccc(F)cc3)cc2)cc1. The molecule has 0 saturated heterocycles. The zero-order chi connectivity index (χ0) is 24.0. The van der Waals surface area contributed by atoms with E-state index in [-0.39, 0.29) is 16.6 Å². The van der Waals surface area contributed by atoms with Gasteiger partial charge in [-0.1, -0.05) is 29.8 Å². The molecule has 1 atom stereocenters. The van der Waals surface area contributed by atoms with E-state index in [9.17, 15) is 17.6 Å². The minimum atomic E-state index is -3.69. The molecule has 0 radical (unpaired) electrons. The number of halogens is 1. The van der Waals surface area contributed by atoms with Crippen molar-refractivity contribution in [3.05, 3.63) is 89.7 Å². The van der Waals surface area contributed by atoms with Crippen LogP contribution >= 0.6 is 0 Å². The minimum Gasteiger partial charge on any atom is -0.481 e. The highest BCUT2D eigenvalue weighted by atomic mass is 32.2. The Labute approximate surface area is 194 Å². The first kappa shape index (κ1) is 24.3. The Kier molecular flexibility index (Phi) is 7.71. The molecule has 33 heavy (non-hydrogen) atoms. The molecule has 8 heteroatoms. The van der Waals surface area contributed by atoms with E-state index in [1.165, 1.54) is 23.5 Å². The smallest absolute Gasteiger partial charge is 0.264 e. The quantitative estimate of drug-likeness (QED) is 0.511. The summed E-state index contributed by atoms with van der Waals surface area (Å²) in [5.74, 6) is -0.129. The third-order valence-corrected chi connectivity index (χ3v) is 6.99. The number of nitrogens with one attached hydrogen (secondary N) is 1. The maximum atomic E-state index is 12.9. The van der Waals surface area contributed by atoms with Gasteiger partial charge in [0.1, 0.15) is 11.6 Å². The molecule has 0 heterocycles. The Hall–Kier alpha value is -3.39. The summed E-state index contributed by atoms with van der Waals surface area (Å²) in [6, 6.07) is 19.3. The molecule has 1 N–H and O–H groups in total. The van der Waals surface area contributed by atoms with Crippen molar-refractivity contribution in [3.8, 4) is 5.75 Å². The molecule has 0 aliphatic heterocycles. The Morgan fingerprint density at radius 2 is 1.61 bits per heavy atom. The van der Waals surface area contributed by atoms with Gasteiger partial charge in [0.05, 0.1) is 10.6 Å². The lowest BCUT2D eigenvalue weighted by atomic mass is 10.1. The first-order chi connectivity index (χ1) is 15.7. The molecule has 0 aromatic heterocycles. The second-order valence-electron chi connectivity index (χ2n) is 7.71. The summed E-state index contributed by atoms with van der Waals surface area (Å²) < 4.78 is 45.5. The Morgan fingerprint density at radius 1 is 1.00 bits per heavy atom. The van der Waals surface area contributed by atoms with Crippen LogP contribution in [0.4, 0.5) is 10.1 Å². The van der Waals surface area contributed by atoms with Gasteiger partial charge in [-0.2, -0.15) is 0 Å². The van der Waals surface area contributed by atoms with Crippen LogP contribution in [0.5, 0.6) is 5.75 Å². The summed E-state index contributed by atoms with van der Waals surface area (Å²) in [4.78, 5) is 12.5. The summed E-state index contributed by atoms with van der Waals surface area (Å²) in [6.45, 7) is 3.93. The standard InChI is InChI=1S/C25H27FN2O4S/c1-18-4-14-24(15-5-18)33(30,31)28(3)22-10-12-23(13-11-22)32-19(2)25(29)27-17-16-20-6-8-21(26)9-7-20/h4-15,19H,16-17H2,1-3H3,(H,27,29). The number of nitrogens with zero attached hydrogens (tertiary/aromatic N) is 1. The van der Waals surface area contributed by atoms with Crippen molar-refractivity contribution in [2.24, 2.45) is 0 Å². The Morgan fingerprint density at radius 3 is 2.21 bits per heavy atom. The zero-order valence-electron chi connectivity index (χ0n) is 18.8. The largest absolute Gasteiger partial charge is 0.481 e. The third-order valence-electron chi connectivity index (χ3n) is 5.19. The van der Waals surface area contributed by atoms with Crippen molar-refractivity contribution in [3.63, 3.8) is 0 Å². The summed E-state index contributed by atoms with van der Waals surface area (Å²) in [6.07, 6.45) is -0.159. The predicted octanol–water partition coefficient (Wildman–Crippen LogP) is 4.09. The maximum absolute atomic E-state index is 12.9. The molecule has 3 rings (SSSR count). The lowest BCUT2D eigenvalue weighted by molar-refractivity contribution is -0.127. The number of benzene rings is 3. The zero-order valence-corrected chi connectivity index (χ0v) is 19.6. The number of sulfonamides is 1. The lowest BCUT2D eigenvalue weighted by Crippen LogP contribution is -2.37. The fourth-order valence-corrected chi connectivity index (χ4v) is 4.32. The molecule has 0 spiro atoms. The van der Waals surface area contributed by atoms with E-state index in [1.54, 1.807) is 67.6 Å². The van der Waals surface area contributed by atoms with Gasteiger partial charge in [0.15, 0.2) is 6.10 Å². The van der Waals surface area contributed by atoms with E-state index in [4.69, 9.17) is 4.74 Å². The second kappa shape index (κ2) is 10.5. The number of ether oxygens (including phenoxy) is 1. The monoisotopic (exact) mass is 470 g/mol. The fraction of sp³-hybridized carbons (Fsp3) is 0.240. The second-order valence-corrected chi connectivity index (χ2v) is 9.68. The number of carbonyl (C=O) groups is 1. The van der Waals surface area contributed by atoms with Gasteiger partial charge in [0.25, 0.3) is 15.9 Å². The lowest BCUT2D eigenvalue weighted by Gasteiger charge is -2.20. The first-order valence-corrected chi connectivity index (χ1v) is 12.0. The van der Waals surface area contributed by atoms with Crippen LogP contribution in [0.1, 0.15) is 18.1 Å². The van der Waals surface area contributed by atoms with Crippen LogP contribution in [0, 0.1) is 12.7 Å². The first-order valence-electron chi connectivity index (χ1n) is 10.5. The van der Waals surface area contributed by atoms with Crippen LogP contribution in [0.15, 0.2) is 77.7 Å². The fourth-order valence-electron chi connectivity index (χ4n) is 3.12. The average molecular weight is 471 g/mol. The molecular weight excluding hydrogens is 443 g/mol. The van der Waals surface area contributed by atoms with Crippen LogP contribution in [0.3, 0.4) is 0 Å². The molecule has 1 amide bonds. The number of aryl methyl sites for hydroxylation is 1. The van der Waals surface area contributed by atoms with Gasteiger partial charge in [-0.3, -0.25) is 9.10 Å². The van der Waals surface area contributed by atoms with Crippen LogP contribution < -0.4 is 14.4 Å². The summed E-state index contributed by atoms with van der Waals surface area (Å²) in [5.41, 5.74) is 2.37. The number of rotatable bonds is 9. The normalized spacial score (nSPS) is 12.1. The highest BCUT2D eigenvalue weighted by molar-refractivity contribution is 7.92. The molecule has 174 valence electrons. The van der Waals surface area contributed by atoms with E-state index in [0.717, 1.165) is 11.1 Å². The molecule has 0 saturated carbocycles. The third kappa shape index (κ3) is 6.32. The van der Waals surface area contributed by atoms with Gasteiger partial charge in [0.2, 0.25) is 0 Å². The van der Waals surface area contributed by atoms with Gasteiger partial charge >= 0.3 is 0 Å². The maximum Gasteiger partial charge on any atom is 0.264 e. The summed E-state index contributed by atoms with van der Waals surface area (Å²) in [7, 11) is -2.20. The van der Waals surface area contributed by atoms with Crippen molar-refractivity contribution in [1.29, 1.82) is 0 Å². The Bertz CT molecular complexity index is 1180. The molecule has 0 aliphatic rings. The van der Waals surface area contributed by atoms with E-state index in [2.05, 4.69) is 5.32 Å². The number of carbonyl (C=O) groups excluding carboxylic acids is 1. The van der Waals surface area contributed by atoms with Crippen LogP contribution in [-0.4, -0.2) is 34.0 Å². The van der Waals surface area contributed by atoms with Crippen molar-refractivity contribution >= 4 is 21.6 Å². The highest BCUT2D eigenvalue weighted by Gasteiger charge is 2.21. The Balaban J connectivity index is 1.55. The van der Waals surface area contributed by atoms with Crippen LogP contribution in [0.2, 0.25) is 0 Å². The van der Waals surface area contributed by atoms with Crippen molar-refractivity contribution in [1.82, 2.24) is 5.32 Å². The van der Waals surface area contributed by atoms with E-state index < -0.39 is 16.1 Å². The number of hydrogen-bond acceptors (Lipinski definition) is 4. The van der Waals surface area contributed by atoms with Crippen LogP contribution in [-0.2, 0) is 21.2 Å². The molecular formula is C25H27FN2O4S. The van der Waals surface area contributed by atoms with E-state index in [0.29, 0.717) is 24.4 Å². The summed E-state index contributed by atoms with van der Waals surface area (Å²) >= 11 is 0. The molecule has 0 aliphatic carbocycles. The topological polar surface area (TPSA) is 75.7 Å². The molecule has 6 nitrogen and oxygen atoms in total. The number of anilines is 1. The van der Waals surface area contributed by atoms with Gasteiger partial charge in [-0.25, -0.2) is 12.8 Å². The number of amides is 1. The molecule has 3 aromatic rings. The molecule has 3 aromatic carbocycles. The minimum absolute atomic E-state index is 0.210. The van der Waals surface area contributed by atoms with E-state index >= 15 is 0 Å². The van der Waals surface area contributed by atoms with Crippen LogP contribution in [0.25, 0.3) is 0 Å². The van der Waals surface area contributed by atoms with Gasteiger partial charge in [-0.15, -0.1) is 0 Å². The van der Waals surface area contributed by atoms with Crippen molar-refractivity contribution < 1.29 is 22.3 Å². The molecule has 0 fully saturated rings.